The molecule has 0 spiro atoms. The van der Waals surface area contributed by atoms with Crippen LogP contribution >= 0.6 is 0 Å². The maximum Gasteiger partial charge on any atom is 0.231 e. The zero-order valence-corrected chi connectivity index (χ0v) is 34.8. The first-order chi connectivity index (χ1) is 31.2. The van der Waals surface area contributed by atoms with Crippen molar-refractivity contribution < 1.29 is 9.47 Å². The molecule has 10 rings (SSSR count). The van der Waals surface area contributed by atoms with Crippen LogP contribution in [0.15, 0.2) is 218 Å². The molecule has 0 atom stereocenters. The molecule has 9 aromatic rings. The minimum atomic E-state index is 0.240. The third kappa shape index (κ3) is 8.84. The first-order valence-electron chi connectivity index (χ1n) is 21.4. The summed E-state index contributed by atoms with van der Waals surface area (Å²) < 4.78 is 11.5. The topological polar surface area (TPSA) is 18.5 Å². The molecule has 63 heavy (non-hydrogen) atoms. The van der Waals surface area contributed by atoms with E-state index in [4.69, 9.17) is 9.47 Å². The number of ether oxygens (including phenoxy) is 2. The number of fused-ring (bicyclic) bond motifs is 2. The van der Waals surface area contributed by atoms with Crippen LogP contribution in [0.5, 0.6) is 11.5 Å². The molecule has 1 aliphatic heterocycles. The highest BCUT2D eigenvalue weighted by Crippen LogP contribution is 2.40. The van der Waals surface area contributed by atoms with E-state index >= 15 is 0 Å². The van der Waals surface area contributed by atoms with E-state index in [9.17, 15) is 0 Å². The molecule has 0 radical (unpaired) electrons. The number of benzene rings is 9. The Kier molecular flexibility index (Phi) is 11.3. The summed E-state index contributed by atoms with van der Waals surface area (Å²) in [5.74, 6) is 1.55. The molecule has 2 nitrogen and oxygen atoms in total. The Morgan fingerprint density at radius 3 is 1.29 bits per heavy atom. The zero-order chi connectivity index (χ0) is 42.2. The van der Waals surface area contributed by atoms with Gasteiger partial charge in [-0.05, 0) is 119 Å². The molecule has 0 amide bonds. The van der Waals surface area contributed by atoms with E-state index in [0.29, 0.717) is 0 Å². The molecule has 2 heteroatoms. The zero-order valence-electron chi connectivity index (χ0n) is 34.8. The fourth-order valence-electron chi connectivity index (χ4n) is 8.29. The maximum absolute atomic E-state index is 5.82. The van der Waals surface area contributed by atoms with Crippen molar-refractivity contribution in [1.82, 2.24) is 0 Å². The molecule has 1 heterocycles. The van der Waals surface area contributed by atoms with Gasteiger partial charge in [-0.25, -0.2) is 0 Å². The summed E-state index contributed by atoms with van der Waals surface area (Å²) in [6, 6.07) is 77.2. The van der Waals surface area contributed by atoms with Gasteiger partial charge in [-0.3, -0.25) is 0 Å². The predicted octanol–water partition coefficient (Wildman–Crippen LogP) is 15.8. The van der Waals surface area contributed by atoms with E-state index in [0.717, 1.165) is 56.0 Å². The lowest BCUT2D eigenvalue weighted by atomic mass is 9.90. The summed E-state index contributed by atoms with van der Waals surface area (Å²) in [6.45, 7) is 0.240. The lowest BCUT2D eigenvalue weighted by molar-refractivity contribution is 0.174. The van der Waals surface area contributed by atoms with Crippen molar-refractivity contribution in [3.05, 3.63) is 274 Å². The largest absolute Gasteiger partial charge is 0.454 e. The van der Waals surface area contributed by atoms with Crippen LogP contribution in [0, 0.1) is 0 Å². The molecule has 9 aromatic carbocycles. The second kappa shape index (κ2) is 18.2. The third-order valence-electron chi connectivity index (χ3n) is 11.5. The molecule has 0 bridgehead atoms. The number of hydrogen-bond acceptors (Lipinski definition) is 2. The van der Waals surface area contributed by atoms with Crippen LogP contribution in [0.1, 0.15) is 55.6 Å². The van der Waals surface area contributed by atoms with Crippen LogP contribution in [0.25, 0.3) is 69.5 Å². The van der Waals surface area contributed by atoms with Gasteiger partial charge in [0.1, 0.15) is 0 Å². The normalized spacial score (nSPS) is 11.9. The van der Waals surface area contributed by atoms with Crippen molar-refractivity contribution in [3.63, 3.8) is 0 Å². The van der Waals surface area contributed by atoms with Gasteiger partial charge in [0.2, 0.25) is 6.79 Å². The van der Waals surface area contributed by atoms with Gasteiger partial charge in [0, 0.05) is 0 Å². The highest BCUT2D eigenvalue weighted by Gasteiger charge is 2.17. The van der Waals surface area contributed by atoms with E-state index in [1.54, 1.807) is 0 Å². The van der Waals surface area contributed by atoms with Gasteiger partial charge in [-0.2, -0.15) is 0 Å². The molecular weight excluding hydrogens is 765 g/mol. The first-order valence-corrected chi connectivity index (χ1v) is 21.4. The first kappa shape index (κ1) is 39.0. The van der Waals surface area contributed by atoms with Gasteiger partial charge in [0.25, 0.3) is 0 Å². The molecule has 1 aliphatic rings. The monoisotopic (exact) mass is 808 g/mol. The van der Waals surface area contributed by atoms with Gasteiger partial charge in [-0.1, -0.05) is 224 Å². The fourth-order valence-corrected chi connectivity index (χ4v) is 8.29. The van der Waals surface area contributed by atoms with Crippen LogP contribution in [-0.2, 0) is 0 Å². The Bertz CT molecular complexity index is 3040. The van der Waals surface area contributed by atoms with Crippen molar-refractivity contribution in [1.29, 1.82) is 0 Å². The molecular formula is C61H44O2. The summed E-state index contributed by atoms with van der Waals surface area (Å²) in [4.78, 5) is 0. The molecule has 0 N–H and O–H groups in total. The Morgan fingerprint density at radius 2 is 0.778 bits per heavy atom. The second-order valence-electron chi connectivity index (χ2n) is 15.6. The highest BCUT2D eigenvalue weighted by atomic mass is 16.7. The molecule has 0 fully saturated rings. The van der Waals surface area contributed by atoms with Gasteiger partial charge < -0.3 is 9.47 Å². The SMILES string of the molecule is C(=C(c1ccccc1)c1ccccc1)c1ccc(/C=C\c2cc(-c3ccc4c(c3)OCO4)c3ccccc3c2/C=C\c2ccc(C=C(c3ccccc3)c3ccccc3)cc2)cc1. The molecule has 0 saturated heterocycles. The second-order valence-corrected chi connectivity index (χ2v) is 15.6. The predicted molar refractivity (Wildman–Crippen MR) is 266 cm³/mol. The summed E-state index contributed by atoms with van der Waals surface area (Å²) in [5, 5.41) is 2.35. The smallest absolute Gasteiger partial charge is 0.231 e. The van der Waals surface area contributed by atoms with E-state index in [1.807, 2.05) is 6.07 Å². The fraction of sp³-hybridized carbons (Fsp3) is 0.0164. The van der Waals surface area contributed by atoms with E-state index < -0.39 is 0 Å². The number of rotatable bonds is 11. The minimum Gasteiger partial charge on any atom is -0.454 e. The Morgan fingerprint density at radius 1 is 0.349 bits per heavy atom. The van der Waals surface area contributed by atoms with Crippen LogP contribution in [0.2, 0.25) is 0 Å². The summed E-state index contributed by atoms with van der Waals surface area (Å²) in [5.41, 5.74) is 16.2. The molecule has 0 saturated carbocycles. The minimum absolute atomic E-state index is 0.240. The molecule has 300 valence electrons. The molecule has 0 aliphatic carbocycles. The van der Waals surface area contributed by atoms with E-state index in [1.165, 1.54) is 44.2 Å². The lowest BCUT2D eigenvalue weighted by Gasteiger charge is -2.14. The Labute approximate surface area is 369 Å². The van der Waals surface area contributed by atoms with Crippen LogP contribution in [0.4, 0.5) is 0 Å². The third-order valence-corrected chi connectivity index (χ3v) is 11.5. The van der Waals surface area contributed by atoms with Gasteiger partial charge in [0.15, 0.2) is 11.5 Å². The summed E-state index contributed by atoms with van der Waals surface area (Å²) in [7, 11) is 0. The quantitative estimate of drug-likeness (QED) is 0.121. The molecule has 0 aromatic heterocycles. The van der Waals surface area contributed by atoms with E-state index in [2.05, 4.69) is 249 Å². The lowest BCUT2D eigenvalue weighted by Crippen LogP contribution is -1.93. The summed E-state index contributed by atoms with van der Waals surface area (Å²) >= 11 is 0. The highest BCUT2D eigenvalue weighted by molar-refractivity contribution is 6.05. The van der Waals surface area contributed by atoms with Crippen molar-refractivity contribution >= 4 is 58.4 Å². The Balaban J connectivity index is 1.01. The van der Waals surface area contributed by atoms with Gasteiger partial charge in [0.05, 0.1) is 0 Å². The molecule has 0 unspecified atom stereocenters. The van der Waals surface area contributed by atoms with Crippen molar-refractivity contribution in [2.75, 3.05) is 6.79 Å². The maximum atomic E-state index is 5.82. The van der Waals surface area contributed by atoms with Crippen molar-refractivity contribution in [2.45, 2.75) is 0 Å². The Hall–Kier alpha value is -8.20. The average molecular weight is 809 g/mol. The average Bonchev–Trinajstić information content (AvgIpc) is 3.84. The number of hydrogen-bond donors (Lipinski definition) is 0. The standard InChI is InChI=1S/C61H44O2/c1-5-15-48(16-6-1)57(49-17-7-2-8-18-49)39-46-29-25-44(26-30-46)33-35-52-41-59(53-36-38-60-61(42-53)63-43-62-60)56-24-14-13-23-55(56)54(52)37-34-45-27-31-47(32-28-45)40-58(50-19-9-3-10-20-50)51-21-11-4-12-22-51/h1-42H,43H2/b35-33-,37-34-. The van der Waals surface area contributed by atoms with Crippen LogP contribution < -0.4 is 9.47 Å². The van der Waals surface area contributed by atoms with Crippen LogP contribution in [0.3, 0.4) is 0 Å². The van der Waals surface area contributed by atoms with Gasteiger partial charge >= 0.3 is 0 Å². The van der Waals surface area contributed by atoms with Gasteiger partial charge in [-0.15, -0.1) is 0 Å². The van der Waals surface area contributed by atoms with E-state index in [-0.39, 0.29) is 6.79 Å². The summed E-state index contributed by atoms with van der Waals surface area (Å²) in [6.07, 6.45) is 13.5. The van der Waals surface area contributed by atoms with Crippen molar-refractivity contribution in [2.24, 2.45) is 0 Å². The van der Waals surface area contributed by atoms with Crippen LogP contribution in [-0.4, -0.2) is 6.79 Å². The van der Waals surface area contributed by atoms with Crippen molar-refractivity contribution in [3.8, 4) is 22.6 Å².